The molecule has 3 heteroatoms. The second kappa shape index (κ2) is 9.40. The van der Waals surface area contributed by atoms with Gasteiger partial charge in [0.05, 0.1) is 6.61 Å². The van der Waals surface area contributed by atoms with Crippen LogP contribution >= 0.6 is 0 Å². The van der Waals surface area contributed by atoms with Crippen molar-refractivity contribution in [2.45, 2.75) is 34.1 Å². The van der Waals surface area contributed by atoms with Crippen molar-refractivity contribution in [1.82, 2.24) is 5.32 Å². The Morgan fingerprint density at radius 1 is 1.25 bits per heavy atom. The summed E-state index contributed by atoms with van der Waals surface area (Å²) in [5.74, 6) is 0.765. The van der Waals surface area contributed by atoms with Crippen LogP contribution in [0.1, 0.15) is 34.1 Å². The van der Waals surface area contributed by atoms with Crippen LogP contribution in [0.25, 0.3) is 0 Å². The molecule has 0 aliphatic heterocycles. The number of carbonyl (C=O) groups excluding carboxylic acids is 1. The Bertz CT molecular complexity index is 210. The predicted octanol–water partition coefficient (Wildman–Crippen LogP) is 2.38. The Morgan fingerprint density at radius 2 is 1.94 bits per heavy atom. The predicted molar refractivity (Wildman–Crippen MR) is 67.3 cm³/mol. The summed E-state index contributed by atoms with van der Waals surface area (Å²) in [4.78, 5) is 11.2. The maximum absolute atomic E-state index is 11.2. The molecule has 0 aliphatic carbocycles. The third kappa shape index (κ3) is 9.71. The molecule has 94 valence electrons. The molecule has 16 heavy (non-hydrogen) atoms. The van der Waals surface area contributed by atoms with Gasteiger partial charge in [-0.25, -0.2) is 0 Å². The van der Waals surface area contributed by atoms with Crippen LogP contribution in [0, 0.1) is 11.8 Å². The van der Waals surface area contributed by atoms with E-state index in [4.69, 9.17) is 4.74 Å². The van der Waals surface area contributed by atoms with Gasteiger partial charge in [0, 0.05) is 19.1 Å². The number of carbonyl (C=O) groups is 1. The van der Waals surface area contributed by atoms with Gasteiger partial charge in [-0.15, -0.1) is 0 Å². The Balaban J connectivity index is 3.31. The zero-order chi connectivity index (χ0) is 12.4. The third-order valence-electron chi connectivity index (χ3n) is 1.97. The van der Waals surface area contributed by atoms with Gasteiger partial charge >= 0.3 is 0 Å². The zero-order valence-corrected chi connectivity index (χ0v) is 11.0. The number of ether oxygens (including phenoxy) is 1. The monoisotopic (exact) mass is 227 g/mol. The number of amides is 1. The first-order chi connectivity index (χ1) is 7.54. The van der Waals surface area contributed by atoms with Crippen molar-refractivity contribution >= 4 is 5.91 Å². The van der Waals surface area contributed by atoms with E-state index in [1.807, 2.05) is 26.0 Å². The van der Waals surface area contributed by atoms with Crippen molar-refractivity contribution in [3.8, 4) is 0 Å². The minimum Gasteiger partial charge on any atom is -0.377 e. The molecule has 0 heterocycles. The molecule has 0 aromatic heterocycles. The Kier molecular flexibility index (Phi) is 8.91. The largest absolute Gasteiger partial charge is 0.377 e. The first-order valence-electron chi connectivity index (χ1n) is 6.04. The average Bonchev–Trinajstić information content (AvgIpc) is 2.21. The SMILES string of the molecule is CC(C)COC/C=C/CCNC(=O)C(C)C. The van der Waals surface area contributed by atoms with Crippen molar-refractivity contribution in [1.29, 1.82) is 0 Å². The summed E-state index contributed by atoms with van der Waals surface area (Å²) in [5, 5.41) is 2.86. The fraction of sp³-hybridized carbons (Fsp3) is 0.769. The first-order valence-corrected chi connectivity index (χ1v) is 6.04. The molecule has 0 radical (unpaired) electrons. The van der Waals surface area contributed by atoms with E-state index in [2.05, 4.69) is 19.2 Å². The molecule has 0 atom stereocenters. The average molecular weight is 227 g/mol. The molecule has 0 saturated heterocycles. The highest BCUT2D eigenvalue weighted by Gasteiger charge is 2.03. The van der Waals surface area contributed by atoms with Crippen molar-refractivity contribution < 1.29 is 9.53 Å². The van der Waals surface area contributed by atoms with E-state index in [1.54, 1.807) is 0 Å². The number of rotatable bonds is 8. The summed E-state index contributed by atoms with van der Waals surface area (Å²) in [5.41, 5.74) is 0. The highest BCUT2D eigenvalue weighted by Crippen LogP contribution is 1.93. The molecule has 0 saturated carbocycles. The summed E-state index contributed by atoms with van der Waals surface area (Å²) >= 11 is 0. The van der Waals surface area contributed by atoms with Gasteiger partial charge in [-0.1, -0.05) is 39.8 Å². The van der Waals surface area contributed by atoms with Crippen LogP contribution in [0.3, 0.4) is 0 Å². The van der Waals surface area contributed by atoms with Crippen molar-refractivity contribution in [2.75, 3.05) is 19.8 Å². The normalized spacial score (nSPS) is 11.6. The zero-order valence-electron chi connectivity index (χ0n) is 11.0. The van der Waals surface area contributed by atoms with E-state index in [9.17, 15) is 4.79 Å². The Hall–Kier alpha value is -0.830. The lowest BCUT2D eigenvalue weighted by molar-refractivity contribution is -0.123. The molecule has 0 unspecified atom stereocenters. The quantitative estimate of drug-likeness (QED) is 0.511. The van der Waals surface area contributed by atoms with Gasteiger partial charge < -0.3 is 10.1 Å². The van der Waals surface area contributed by atoms with Gasteiger partial charge in [0.2, 0.25) is 5.91 Å². The maximum Gasteiger partial charge on any atom is 0.222 e. The minimum absolute atomic E-state index is 0.0679. The van der Waals surface area contributed by atoms with Crippen LogP contribution in [0.5, 0.6) is 0 Å². The van der Waals surface area contributed by atoms with Gasteiger partial charge in [0.1, 0.15) is 0 Å². The lowest BCUT2D eigenvalue weighted by atomic mass is 10.2. The van der Waals surface area contributed by atoms with E-state index in [-0.39, 0.29) is 11.8 Å². The van der Waals surface area contributed by atoms with Crippen LogP contribution in [0.2, 0.25) is 0 Å². The molecule has 1 N–H and O–H groups in total. The van der Waals surface area contributed by atoms with Gasteiger partial charge in [-0.2, -0.15) is 0 Å². The van der Waals surface area contributed by atoms with Gasteiger partial charge in [-0.05, 0) is 12.3 Å². The lowest BCUT2D eigenvalue weighted by Gasteiger charge is -2.05. The second-order valence-corrected chi connectivity index (χ2v) is 4.64. The summed E-state index contributed by atoms with van der Waals surface area (Å²) in [7, 11) is 0. The molecule has 0 fully saturated rings. The fourth-order valence-electron chi connectivity index (χ4n) is 1.04. The van der Waals surface area contributed by atoms with Gasteiger partial charge in [-0.3, -0.25) is 4.79 Å². The molecular weight excluding hydrogens is 202 g/mol. The highest BCUT2D eigenvalue weighted by molar-refractivity contribution is 5.77. The highest BCUT2D eigenvalue weighted by atomic mass is 16.5. The van der Waals surface area contributed by atoms with Crippen molar-refractivity contribution in [3.05, 3.63) is 12.2 Å². The van der Waals surface area contributed by atoms with Crippen LogP contribution in [-0.2, 0) is 9.53 Å². The molecule has 3 nitrogen and oxygen atoms in total. The van der Waals surface area contributed by atoms with Crippen molar-refractivity contribution in [3.63, 3.8) is 0 Å². The van der Waals surface area contributed by atoms with E-state index in [0.29, 0.717) is 19.1 Å². The standard InChI is InChI=1S/C13H25NO2/c1-11(2)10-16-9-7-5-6-8-14-13(15)12(3)4/h5,7,11-12H,6,8-10H2,1-4H3,(H,14,15)/b7-5+. The van der Waals surface area contributed by atoms with E-state index in [1.165, 1.54) is 0 Å². The third-order valence-corrected chi connectivity index (χ3v) is 1.97. The first kappa shape index (κ1) is 15.2. The number of hydrogen-bond acceptors (Lipinski definition) is 2. The van der Waals surface area contributed by atoms with Crippen LogP contribution in [0.15, 0.2) is 12.2 Å². The summed E-state index contributed by atoms with van der Waals surface area (Å²) in [6.07, 6.45) is 4.91. The van der Waals surface area contributed by atoms with Crippen LogP contribution in [-0.4, -0.2) is 25.7 Å². The smallest absolute Gasteiger partial charge is 0.222 e. The molecule has 0 aromatic rings. The summed E-state index contributed by atoms with van der Waals surface area (Å²) < 4.78 is 5.39. The Labute approximate surface area is 99.3 Å². The minimum atomic E-state index is 0.0679. The van der Waals surface area contributed by atoms with Crippen LogP contribution < -0.4 is 5.32 Å². The molecule has 1 amide bonds. The summed E-state index contributed by atoms with van der Waals surface area (Å²) in [6, 6.07) is 0. The summed E-state index contributed by atoms with van der Waals surface area (Å²) in [6.45, 7) is 10.2. The van der Waals surface area contributed by atoms with Crippen molar-refractivity contribution in [2.24, 2.45) is 11.8 Å². The maximum atomic E-state index is 11.2. The topological polar surface area (TPSA) is 38.3 Å². The molecule has 0 aromatic carbocycles. The lowest BCUT2D eigenvalue weighted by Crippen LogP contribution is -2.28. The van der Waals surface area contributed by atoms with Gasteiger partial charge in [0.25, 0.3) is 0 Å². The molecule has 0 spiro atoms. The molecular formula is C13H25NO2. The van der Waals surface area contributed by atoms with E-state index in [0.717, 1.165) is 13.0 Å². The van der Waals surface area contributed by atoms with Crippen LogP contribution in [0.4, 0.5) is 0 Å². The molecule has 0 rings (SSSR count). The fourth-order valence-corrected chi connectivity index (χ4v) is 1.04. The number of nitrogens with one attached hydrogen (secondary N) is 1. The van der Waals surface area contributed by atoms with E-state index >= 15 is 0 Å². The van der Waals surface area contributed by atoms with Gasteiger partial charge in [0.15, 0.2) is 0 Å². The number of hydrogen-bond donors (Lipinski definition) is 1. The second-order valence-electron chi connectivity index (χ2n) is 4.64. The Morgan fingerprint density at radius 3 is 2.50 bits per heavy atom. The molecule has 0 bridgehead atoms. The molecule has 0 aliphatic rings. The van der Waals surface area contributed by atoms with E-state index < -0.39 is 0 Å².